The first-order valence-electron chi connectivity index (χ1n) is 10.1. The highest BCUT2D eigenvalue weighted by atomic mass is 19.4. The molecule has 0 amide bonds. The number of methoxy groups -OCH3 is 1. The second-order valence-corrected chi connectivity index (χ2v) is 7.59. The van der Waals surface area contributed by atoms with Crippen molar-refractivity contribution in [2.24, 2.45) is 0 Å². The third kappa shape index (κ3) is 3.74. The lowest BCUT2D eigenvalue weighted by molar-refractivity contribution is -0.152. The largest absolute Gasteiger partial charge is 0.496 e. The Kier molecular flexibility index (Phi) is 5.13. The predicted molar refractivity (Wildman–Crippen MR) is 113 cm³/mol. The van der Waals surface area contributed by atoms with Crippen molar-refractivity contribution in [2.75, 3.05) is 13.8 Å². The molecule has 0 spiro atoms. The van der Waals surface area contributed by atoms with Crippen LogP contribution in [0.3, 0.4) is 0 Å². The van der Waals surface area contributed by atoms with Crippen LogP contribution in [0, 0.1) is 0 Å². The number of fused-ring (bicyclic) bond motifs is 3. The number of alkyl halides is 3. The van der Waals surface area contributed by atoms with Crippen LogP contribution in [0.15, 0.2) is 68.4 Å². The molecule has 0 bridgehead atoms. The van der Waals surface area contributed by atoms with Crippen LogP contribution < -0.4 is 14.9 Å². The van der Waals surface area contributed by atoms with Crippen molar-refractivity contribution in [3.05, 3.63) is 82.1 Å². The zero-order valence-corrected chi connectivity index (χ0v) is 17.4. The summed E-state index contributed by atoms with van der Waals surface area (Å²) in [6.07, 6.45) is -3.37. The van der Waals surface area contributed by atoms with Gasteiger partial charge in [0.05, 0.1) is 36.4 Å². The smallest absolute Gasteiger partial charge is 0.450 e. The summed E-state index contributed by atoms with van der Waals surface area (Å²) >= 11 is 0. The van der Waals surface area contributed by atoms with E-state index >= 15 is 0 Å². The molecule has 0 saturated heterocycles. The number of nitrogens with zero attached hydrogens (tertiary/aromatic N) is 1. The van der Waals surface area contributed by atoms with Gasteiger partial charge in [0.2, 0.25) is 11.2 Å². The van der Waals surface area contributed by atoms with Gasteiger partial charge in [-0.05, 0) is 30.3 Å². The maximum Gasteiger partial charge on any atom is 0.450 e. The third-order valence-electron chi connectivity index (χ3n) is 5.50. The number of furan rings is 1. The first-order chi connectivity index (χ1) is 15.9. The number of hydrogen-bond acceptors (Lipinski definition) is 6. The van der Waals surface area contributed by atoms with E-state index in [1.807, 2.05) is 4.90 Å². The van der Waals surface area contributed by atoms with Crippen LogP contribution in [0.2, 0.25) is 0 Å². The zero-order valence-electron chi connectivity index (χ0n) is 17.4. The molecule has 1 aliphatic heterocycles. The van der Waals surface area contributed by atoms with E-state index in [2.05, 4.69) is 0 Å². The summed E-state index contributed by atoms with van der Waals surface area (Å²) < 4.78 is 64.1. The lowest BCUT2D eigenvalue weighted by atomic mass is 9.99. The average Bonchev–Trinajstić information content (AvgIpc) is 3.31. The summed E-state index contributed by atoms with van der Waals surface area (Å²) in [7, 11) is 1.33. The highest BCUT2D eigenvalue weighted by Gasteiger charge is 2.40. The Morgan fingerprint density at radius 1 is 1.09 bits per heavy atom. The van der Waals surface area contributed by atoms with Crippen LogP contribution in [-0.2, 0) is 19.3 Å². The summed E-state index contributed by atoms with van der Waals surface area (Å²) in [5.74, 6) is -0.181. The molecule has 3 heterocycles. The van der Waals surface area contributed by atoms with Gasteiger partial charge < -0.3 is 18.3 Å². The van der Waals surface area contributed by atoms with Crippen LogP contribution in [0.1, 0.15) is 17.1 Å². The molecule has 0 unspecified atom stereocenters. The van der Waals surface area contributed by atoms with Gasteiger partial charge >= 0.3 is 6.18 Å². The van der Waals surface area contributed by atoms with Gasteiger partial charge in [-0.15, -0.1) is 0 Å². The van der Waals surface area contributed by atoms with Gasteiger partial charge in [-0.25, -0.2) is 0 Å². The van der Waals surface area contributed by atoms with Crippen molar-refractivity contribution >= 4 is 11.0 Å². The Hall–Kier alpha value is -3.72. The zero-order chi connectivity index (χ0) is 23.2. The van der Waals surface area contributed by atoms with E-state index in [-0.39, 0.29) is 35.6 Å². The first kappa shape index (κ1) is 21.1. The van der Waals surface area contributed by atoms with E-state index < -0.39 is 22.9 Å². The third-order valence-corrected chi connectivity index (χ3v) is 5.50. The van der Waals surface area contributed by atoms with Crippen molar-refractivity contribution in [3.63, 3.8) is 0 Å². The molecule has 2 aromatic carbocycles. The fraction of sp³-hybridized carbons (Fsp3) is 0.208. The number of rotatable bonds is 4. The number of para-hydroxylation sites is 1. The number of hydrogen-bond donors (Lipinski definition) is 0. The normalized spacial score (nSPS) is 14.2. The molecule has 0 aliphatic carbocycles. The minimum Gasteiger partial charge on any atom is -0.496 e. The molecule has 0 radical (unpaired) electrons. The molecule has 4 aromatic rings. The predicted octanol–water partition coefficient (Wildman–Crippen LogP) is 5.43. The molecule has 6 nitrogen and oxygen atoms in total. The molecule has 0 saturated carbocycles. The highest BCUT2D eigenvalue weighted by molar-refractivity contribution is 5.88. The Balaban J connectivity index is 1.71. The second-order valence-electron chi connectivity index (χ2n) is 7.59. The van der Waals surface area contributed by atoms with Crippen molar-refractivity contribution in [3.8, 4) is 22.6 Å². The second kappa shape index (κ2) is 8.00. The molecule has 2 aromatic heterocycles. The Bertz CT molecular complexity index is 1380. The molecular weight excluding hydrogens is 439 g/mol. The van der Waals surface area contributed by atoms with Crippen molar-refractivity contribution in [1.29, 1.82) is 0 Å². The molecule has 33 heavy (non-hydrogen) atoms. The van der Waals surface area contributed by atoms with E-state index in [1.54, 1.807) is 24.3 Å². The van der Waals surface area contributed by atoms with Crippen molar-refractivity contribution < 1.29 is 31.5 Å². The fourth-order valence-electron chi connectivity index (χ4n) is 4.03. The highest BCUT2D eigenvalue weighted by Crippen LogP contribution is 2.42. The Labute approximate surface area is 185 Å². The summed E-state index contributed by atoms with van der Waals surface area (Å²) in [4.78, 5) is 15.2. The van der Waals surface area contributed by atoms with E-state index in [4.69, 9.17) is 18.3 Å². The van der Waals surface area contributed by atoms with Crippen LogP contribution in [0.25, 0.3) is 22.1 Å². The topological polar surface area (TPSA) is 65.1 Å². The van der Waals surface area contributed by atoms with Crippen molar-refractivity contribution in [2.45, 2.75) is 19.3 Å². The SMILES string of the molecule is COc1ccccc1-c1c(C(F)(F)F)oc2c3c(ccc2c1=O)OCN(Cc1ccco1)C3. The minimum atomic E-state index is -4.91. The first-order valence-corrected chi connectivity index (χ1v) is 10.1. The fourth-order valence-corrected chi connectivity index (χ4v) is 4.03. The molecule has 1 aliphatic rings. The monoisotopic (exact) mass is 457 g/mol. The van der Waals surface area contributed by atoms with Gasteiger partial charge in [-0.3, -0.25) is 9.69 Å². The standard InChI is InChI=1S/C24H18F3NO5/c1-30-18-7-3-2-6-15(18)20-21(29)16-8-9-19-17(22(16)33-23(20)24(25,26)27)12-28(13-32-19)11-14-5-4-10-31-14/h2-10H,11-13H2,1H3. The number of benzene rings is 2. The molecule has 5 rings (SSSR count). The van der Waals surface area contributed by atoms with E-state index in [0.717, 1.165) is 0 Å². The molecule has 0 N–H and O–H groups in total. The number of ether oxygens (including phenoxy) is 2. The Morgan fingerprint density at radius 2 is 1.91 bits per heavy atom. The lowest BCUT2D eigenvalue weighted by Crippen LogP contribution is -2.31. The summed E-state index contributed by atoms with van der Waals surface area (Å²) in [5.41, 5.74) is -1.14. The molecule has 0 fully saturated rings. The molecule has 0 atom stereocenters. The van der Waals surface area contributed by atoms with Crippen molar-refractivity contribution in [1.82, 2.24) is 4.90 Å². The summed E-state index contributed by atoms with van der Waals surface area (Å²) in [6.45, 7) is 0.828. The van der Waals surface area contributed by atoms with Gasteiger partial charge in [0, 0.05) is 12.1 Å². The maximum atomic E-state index is 14.1. The van der Waals surface area contributed by atoms with E-state index in [9.17, 15) is 18.0 Å². The van der Waals surface area contributed by atoms with E-state index in [0.29, 0.717) is 23.6 Å². The molecule has 170 valence electrons. The lowest BCUT2D eigenvalue weighted by Gasteiger charge is -2.28. The van der Waals surface area contributed by atoms with Crippen LogP contribution in [-0.4, -0.2) is 18.7 Å². The summed E-state index contributed by atoms with van der Waals surface area (Å²) in [5, 5.41) is 0.0334. The van der Waals surface area contributed by atoms with Crippen LogP contribution in [0.4, 0.5) is 13.2 Å². The average molecular weight is 457 g/mol. The van der Waals surface area contributed by atoms with Gasteiger partial charge in [-0.2, -0.15) is 13.2 Å². The van der Waals surface area contributed by atoms with Gasteiger partial charge in [0.25, 0.3) is 0 Å². The maximum absolute atomic E-state index is 14.1. The quantitative estimate of drug-likeness (QED) is 0.407. The van der Waals surface area contributed by atoms with Gasteiger partial charge in [-0.1, -0.05) is 18.2 Å². The van der Waals surface area contributed by atoms with Gasteiger partial charge in [0.1, 0.15) is 29.6 Å². The number of halogens is 3. The van der Waals surface area contributed by atoms with E-state index in [1.165, 1.54) is 37.6 Å². The Morgan fingerprint density at radius 3 is 2.64 bits per heavy atom. The van der Waals surface area contributed by atoms with Crippen LogP contribution in [0.5, 0.6) is 11.5 Å². The minimum absolute atomic E-state index is 0.0105. The molecule has 9 heteroatoms. The summed E-state index contributed by atoms with van der Waals surface area (Å²) in [6, 6.07) is 12.6. The van der Waals surface area contributed by atoms with Gasteiger partial charge in [0.15, 0.2) is 0 Å². The molecular formula is C24H18F3NO5. The van der Waals surface area contributed by atoms with Crippen LogP contribution >= 0.6 is 0 Å².